The monoisotopic (exact) mass is 356 g/mol. The topological polar surface area (TPSA) is 49.4 Å². The maximum Gasteiger partial charge on any atom is 0.223 e. The van der Waals surface area contributed by atoms with Gasteiger partial charge in [0.1, 0.15) is 0 Å². The molecule has 1 heterocycles. The van der Waals surface area contributed by atoms with Crippen molar-refractivity contribution < 1.29 is 9.59 Å². The molecule has 1 aliphatic carbocycles. The van der Waals surface area contributed by atoms with Crippen molar-refractivity contribution in [1.82, 2.24) is 10.2 Å². The Labute approximate surface area is 157 Å². The fourth-order valence-electron chi connectivity index (χ4n) is 4.76. The molecule has 1 saturated heterocycles. The molecular weight excluding hydrogens is 324 g/mol. The minimum atomic E-state index is 0.0325. The molecule has 1 fully saturated rings. The highest BCUT2D eigenvalue weighted by Gasteiger charge is 2.46. The third kappa shape index (κ3) is 3.79. The molecule has 1 N–H and O–H groups in total. The Hall–Kier alpha value is -1.84. The standard InChI is InChI=1S/C22H32N2O2/c1-21(2,3)15-20(26)24-11-9-22(10-12-24)14-16(13-19(25)23-4)17-7-5-6-8-18(17)22/h5-8,16H,9-15H2,1-4H3,(H,23,25). The highest BCUT2D eigenvalue weighted by Crippen LogP contribution is 2.52. The molecule has 0 radical (unpaired) electrons. The molecule has 26 heavy (non-hydrogen) atoms. The van der Waals surface area contributed by atoms with Gasteiger partial charge in [0.05, 0.1) is 0 Å². The molecule has 0 aromatic heterocycles. The molecule has 1 aliphatic heterocycles. The second-order valence-corrected chi connectivity index (χ2v) is 9.26. The van der Waals surface area contributed by atoms with E-state index in [-0.39, 0.29) is 22.6 Å². The summed E-state index contributed by atoms with van der Waals surface area (Å²) in [7, 11) is 1.71. The molecule has 1 aromatic rings. The maximum atomic E-state index is 12.6. The number of fused-ring (bicyclic) bond motifs is 2. The molecule has 3 rings (SSSR count). The Bertz CT molecular complexity index is 682. The Balaban J connectivity index is 1.74. The van der Waals surface area contributed by atoms with Crippen molar-refractivity contribution in [1.29, 1.82) is 0 Å². The number of hydrogen-bond acceptors (Lipinski definition) is 2. The van der Waals surface area contributed by atoms with Gasteiger partial charge in [-0.25, -0.2) is 0 Å². The first-order valence-corrected chi connectivity index (χ1v) is 9.82. The fourth-order valence-corrected chi connectivity index (χ4v) is 4.76. The van der Waals surface area contributed by atoms with Crippen molar-refractivity contribution in [2.45, 2.75) is 64.2 Å². The number of amides is 2. The molecule has 2 aliphatic rings. The molecule has 0 saturated carbocycles. The molecule has 1 spiro atoms. The van der Waals surface area contributed by atoms with Crippen LogP contribution in [-0.4, -0.2) is 36.9 Å². The van der Waals surface area contributed by atoms with Gasteiger partial charge in [-0.3, -0.25) is 9.59 Å². The number of carbonyl (C=O) groups is 2. The van der Waals surface area contributed by atoms with Crippen molar-refractivity contribution in [3.8, 4) is 0 Å². The van der Waals surface area contributed by atoms with Crippen molar-refractivity contribution >= 4 is 11.8 Å². The van der Waals surface area contributed by atoms with E-state index in [0.717, 1.165) is 32.4 Å². The number of hydrogen-bond donors (Lipinski definition) is 1. The van der Waals surface area contributed by atoms with Gasteiger partial charge in [0.25, 0.3) is 0 Å². The zero-order valence-electron chi connectivity index (χ0n) is 16.6. The number of rotatable bonds is 3. The Kier molecular flexibility index (Phi) is 5.14. The quantitative estimate of drug-likeness (QED) is 0.899. The molecule has 2 amide bonds. The van der Waals surface area contributed by atoms with Gasteiger partial charge in [0, 0.05) is 33.0 Å². The number of likely N-dealkylation sites (tertiary alicyclic amines) is 1. The molecule has 1 unspecified atom stereocenters. The normalized spacial score (nSPS) is 21.5. The minimum absolute atomic E-state index is 0.0325. The summed E-state index contributed by atoms with van der Waals surface area (Å²) >= 11 is 0. The molecule has 1 atom stereocenters. The van der Waals surface area contributed by atoms with Crippen molar-refractivity contribution in [2.24, 2.45) is 5.41 Å². The summed E-state index contributed by atoms with van der Waals surface area (Å²) in [4.78, 5) is 26.6. The van der Waals surface area contributed by atoms with Gasteiger partial charge in [-0.15, -0.1) is 0 Å². The number of carbonyl (C=O) groups excluding carboxylic acids is 2. The van der Waals surface area contributed by atoms with E-state index < -0.39 is 0 Å². The highest BCUT2D eigenvalue weighted by atomic mass is 16.2. The van der Waals surface area contributed by atoms with Crippen LogP contribution in [0.5, 0.6) is 0 Å². The average Bonchev–Trinajstić information content (AvgIpc) is 2.88. The maximum absolute atomic E-state index is 12.6. The first-order chi connectivity index (χ1) is 12.2. The summed E-state index contributed by atoms with van der Waals surface area (Å²) < 4.78 is 0. The highest BCUT2D eigenvalue weighted by molar-refractivity contribution is 5.77. The van der Waals surface area contributed by atoms with Crippen molar-refractivity contribution in [3.63, 3.8) is 0 Å². The third-order valence-electron chi connectivity index (χ3n) is 6.07. The van der Waals surface area contributed by atoms with Crippen LogP contribution in [0.4, 0.5) is 0 Å². The lowest BCUT2D eigenvalue weighted by atomic mass is 9.73. The van der Waals surface area contributed by atoms with E-state index in [9.17, 15) is 9.59 Å². The summed E-state index contributed by atoms with van der Waals surface area (Å²) in [6.07, 6.45) is 4.20. The van der Waals surface area contributed by atoms with Gasteiger partial charge >= 0.3 is 0 Å². The van der Waals surface area contributed by atoms with Crippen LogP contribution >= 0.6 is 0 Å². The lowest BCUT2D eigenvalue weighted by Gasteiger charge is -2.41. The zero-order chi connectivity index (χ0) is 18.9. The average molecular weight is 357 g/mol. The van der Waals surface area contributed by atoms with Crippen LogP contribution in [0, 0.1) is 5.41 Å². The van der Waals surface area contributed by atoms with E-state index in [4.69, 9.17) is 0 Å². The zero-order valence-corrected chi connectivity index (χ0v) is 16.6. The summed E-state index contributed by atoms with van der Waals surface area (Å²) in [5.74, 6) is 0.683. The van der Waals surface area contributed by atoms with Gasteiger partial charge in [-0.2, -0.15) is 0 Å². The summed E-state index contributed by atoms with van der Waals surface area (Å²) in [6.45, 7) is 8.01. The Morgan fingerprint density at radius 3 is 2.46 bits per heavy atom. The van der Waals surface area contributed by atoms with Crippen LogP contribution in [0.3, 0.4) is 0 Å². The van der Waals surface area contributed by atoms with Crippen molar-refractivity contribution in [2.75, 3.05) is 20.1 Å². The van der Waals surface area contributed by atoms with Gasteiger partial charge < -0.3 is 10.2 Å². The number of nitrogens with zero attached hydrogens (tertiary/aromatic N) is 1. The predicted octanol–water partition coefficient (Wildman–Crippen LogP) is 3.61. The van der Waals surface area contributed by atoms with Gasteiger partial charge in [-0.05, 0) is 47.1 Å². The second-order valence-electron chi connectivity index (χ2n) is 9.26. The van der Waals surface area contributed by atoms with E-state index >= 15 is 0 Å². The Morgan fingerprint density at radius 1 is 1.19 bits per heavy atom. The largest absolute Gasteiger partial charge is 0.359 e. The smallest absolute Gasteiger partial charge is 0.223 e. The minimum Gasteiger partial charge on any atom is -0.359 e. The van der Waals surface area contributed by atoms with E-state index in [2.05, 4.69) is 50.4 Å². The number of nitrogens with one attached hydrogen (secondary N) is 1. The van der Waals surface area contributed by atoms with Crippen LogP contribution < -0.4 is 5.32 Å². The lowest BCUT2D eigenvalue weighted by molar-refractivity contribution is -0.134. The number of piperidine rings is 1. The van der Waals surface area contributed by atoms with Crippen molar-refractivity contribution in [3.05, 3.63) is 35.4 Å². The van der Waals surface area contributed by atoms with E-state index in [1.807, 2.05) is 4.90 Å². The summed E-state index contributed by atoms with van der Waals surface area (Å²) in [5, 5.41) is 2.77. The Morgan fingerprint density at radius 2 is 1.85 bits per heavy atom. The van der Waals surface area contributed by atoms with Crippen LogP contribution in [0.25, 0.3) is 0 Å². The first kappa shape index (κ1) is 18.9. The molecule has 4 nitrogen and oxygen atoms in total. The van der Waals surface area contributed by atoms with Gasteiger partial charge in [0.2, 0.25) is 11.8 Å². The molecule has 142 valence electrons. The lowest BCUT2D eigenvalue weighted by Crippen LogP contribution is -2.45. The molecule has 0 bridgehead atoms. The molecule has 1 aromatic carbocycles. The first-order valence-electron chi connectivity index (χ1n) is 9.82. The van der Waals surface area contributed by atoms with E-state index in [0.29, 0.717) is 18.8 Å². The van der Waals surface area contributed by atoms with Crippen LogP contribution in [-0.2, 0) is 15.0 Å². The SMILES string of the molecule is CNC(=O)CC1CC2(CCN(C(=O)CC(C)(C)C)CC2)c2ccccc21. The summed E-state index contributed by atoms with van der Waals surface area (Å²) in [6, 6.07) is 8.62. The predicted molar refractivity (Wildman–Crippen MR) is 104 cm³/mol. The van der Waals surface area contributed by atoms with E-state index in [1.165, 1.54) is 11.1 Å². The molecular formula is C22H32N2O2. The van der Waals surface area contributed by atoms with Gasteiger partial charge in [0.15, 0.2) is 0 Å². The third-order valence-corrected chi connectivity index (χ3v) is 6.07. The number of benzene rings is 1. The van der Waals surface area contributed by atoms with Crippen LogP contribution in [0.15, 0.2) is 24.3 Å². The van der Waals surface area contributed by atoms with Crippen LogP contribution in [0.1, 0.15) is 69.9 Å². The fraction of sp³-hybridized carbons (Fsp3) is 0.636. The second kappa shape index (κ2) is 7.05. The van der Waals surface area contributed by atoms with Gasteiger partial charge in [-0.1, -0.05) is 45.0 Å². The van der Waals surface area contributed by atoms with E-state index in [1.54, 1.807) is 7.05 Å². The molecule has 4 heteroatoms. The summed E-state index contributed by atoms with van der Waals surface area (Å²) in [5.41, 5.74) is 2.92. The van der Waals surface area contributed by atoms with Crippen LogP contribution in [0.2, 0.25) is 0 Å².